The molecule has 0 amide bonds. The first-order valence-corrected chi connectivity index (χ1v) is 6.11. The first kappa shape index (κ1) is 16.4. The second-order valence-corrected chi connectivity index (χ2v) is 4.64. The zero-order chi connectivity index (χ0) is 16.2. The number of carbonyl (C=O) groups excluding carboxylic acids is 2. The molecule has 1 atom stereocenters. The summed E-state index contributed by atoms with van der Waals surface area (Å²) in [5, 5.41) is 21.9. The summed E-state index contributed by atoms with van der Waals surface area (Å²) < 4.78 is 0. The Kier molecular flexibility index (Phi) is 5.23. The third-order valence-electron chi connectivity index (χ3n) is 3.16. The summed E-state index contributed by atoms with van der Waals surface area (Å²) in [6, 6.07) is 5.43. The molecule has 0 aliphatic heterocycles. The van der Waals surface area contributed by atoms with Gasteiger partial charge in [-0.3, -0.25) is 29.8 Å². The predicted molar refractivity (Wildman–Crippen MR) is 72.6 cm³/mol. The molecule has 0 radical (unpaired) electrons. The normalized spacial score (nSPS) is 12.0. The number of rotatable bonds is 7. The van der Waals surface area contributed by atoms with Crippen LogP contribution < -0.4 is 0 Å². The fourth-order valence-corrected chi connectivity index (χ4v) is 2.36. The molecule has 112 valence electrons. The Morgan fingerprint density at radius 1 is 1.10 bits per heavy atom. The van der Waals surface area contributed by atoms with Gasteiger partial charge in [0.2, 0.25) is 6.54 Å². The summed E-state index contributed by atoms with van der Waals surface area (Å²) in [4.78, 5) is 43.8. The van der Waals surface area contributed by atoms with E-state index in [1.807, 2.05) is 0 Å². The van der Waals surface area contributed by atoms with Crippen LogP contribution in [0.15, 0.2) is 24.3 Å². The molecule has 21 heavy (non-hydrogen) atoms. The molecule has 0 saturated heterocycles. The molecule has 0 heterocycles. The van der Waals surface area contributed by atoms with Gasteiger partial charge in [0.15, 0.2) is 0 Å². The maximum Gasteiger partial charge on any atom is 0.273 e. The van der Waals surface area contributed by atoms with Gasteiger partial charge in [-0.2, -0.15) is 0 Å². The molecule has 0 bridgehead atoms. The van der Waals surface area contributed by atoms with Gasteiger partial charge in [0, 0.05) is 16.6 Å². The second kappa shape index (κ2) is 6.69. The fraction of sp³-hybridized carbons (Fsp3) is 0.385. The van der Waals surface area contributed by atoms with Crippen molar-refractivity contribution in [2.45, 2.75) is 19.8 Å². The number of ketones is 2. The average Bonchev–Trinajstić information content (AvgIpc) is 2.36. The highest BCUT2D eigenvalue weighted by Gasteiger charge is 2.38. The largest absolute Gasteiger partial charge is 0.299 e. The molecule has 1 aromatic carbocycles. The summed E-state index contributed by atoms with van der Waals surface area (Å²) in [7, 11) is 0. The van der Waals surface area contributed by atoms with Crippen molar-refractivity contribution in [2.24, 2.45) is 5.92 Å². The van der Waals surface area contributed by atoms with Crippen LogP contribution in [0.3, 0.4) is 0 Å². The van der Waals surface area contributed by atoms with Gasteiger partial charge in [-0.1, -0.05) is 18.2 Å². The minimum Gasteiger partial charge on any atom is -0.299 e. The highest BCUT2D eigenvalue weighted by atomic mass is 16.6. The first-order valence-electron chi connectivity index (χ1n) is 6.11. The number of nitro benzene ring substituents is 1. The zero-order valence-corrected chi connectivity index (χ0v) is 11.5. The van der Waals surface area contributed by atoms with Crippen LogP contribution in [0.2, 0.25) is 0 Å². The molecule has 0 spiro atoms. The van der Waals surface area contributed by atoms with E-state index in [0.717, 1.165) is 13.8 Å². The highest BCUT2D eigenvalue weighted by molar-refractivity contribution is 6.01. The molecule has 8 heteroatoms. The molecule has 0 aromatic heterocycles. The van der Waals surface area contributed by atoms with Gasteiger partial charge in [-0.05, 0) is 13.8 Å². The predicted octanol–water partition coefficient (Wildman–Crippen LogP) is 1.75. The maximum atomic E-state index is 11.6. The molecule has 0 fully saturated rings. The monoisotopic (exact) mass is 294 g/mol. The standard InChI is InChI=1S/C13H14N2O6/c1-8(16)13(9(2)17)11(7-14(18)19)10-5-3-4-6-12(10)15(20)21/h3-6,11,13H,7H2,1-2H3/t11-/m0/s1. The van der Waals surface area contributed by atoms with Crippen LogP contribution >= 0.6 is 0 Å². The molecule has 0 aliphatic rings. The SMILES string of the molecule is CC(=O)C(C(C)=O)[C@@H](C[N+](=O)[O-])c1ccccc1[N+](=O)[O-]. The Bertz CT molecular complexity index is 584. The van der Waals surface area contributed by atoms with Crippen molar-refractivity contribution in [2.75, 3.05) is 6.54 Å². The fourth-order valence-electron chi connectivity index (χ4n) is 2.36. The van der Waals surface area contributed by atoms with Gasteiger partial charge < -0.3 is 0 Å². The number of hydrogen-bond donors (Lipinski definition) is 0. The smallest absolute Gasteiger partial charge is 0.273 e. The summed E-state index contributed by atoms with van der Waals surface area (Å²) in [5.41, 5.74) is -0.313. The van der Waals surface area contributed by atoms with Crippen LogP contribution in [0.5, 0.6) is 0 Å². The van der Waals surface area contributed by atoms with Crippen molar-refractivity contribution < 1.29 is 19.4 Å². The number of Topliss-reactive ketones (excluding diaryl/α,β-unsaturated/α-hetero) is 2. The minimum atomic E-state index is -1.27. The third kappa shape index (κ3) is 3.91. The van der Waals surface area contributed by atoms with Crippen molar-refractivity contribution in [3.63, 3.8) is 0 Å². The topological polar surface area (TPSA) is 120 Å². The number of carbonyl (C=O) groups is 2. The lowest BCUT2D eigenvalue weighted by molar-refractivity contribution is -0.484. The third-order valence-corrected chi connectivity index (χ3v) is 3.16. The zero-order valence-electron chi connectivity index (χ0n) is 11.5. The Morgan fingerprint density at radius 3 is 2.05 bits per heavy atom. The van der Waals surface area contributed by atoms with Gasteiger partial charge in [0.25, 0.3) is 5.69 Å². The average molecular weight is 294 g/mol. The molecule has 0 saturated carbocycles. The quantitative estimate of drug-likeness (QED) is 0.429. The Labute approximate surface area is 120 Å². The summed E-state index contributed by atoms with van der Waals surface area (Å²) in [6.07, 6.45) is 0. The lowest BCUT2D eigenvalue weighted by Gasteiger charge is -2.20. The van der Waals surface area contributed by atoms with E-state index in [2.05, 4.69) is 0 Å². The van der Waals surface area contributed by atoms with Crippen molar-refractivity contribution in [3.05, 3.63) is 50.1 Å². The lowest BCUT2D eigenvalue weighted by atomic mass is 9.80. The van der Waals surface area contributed by atoms with E-state index in [1.165, 1.54) is 24.3 Å². The van der Waals surface area contributed by atoms with Crippen molar-refractivity contribution in [1.29, 1.82) is 0 Å². The Morgan fingerprint density at radius 2 is 1.62 bits per heavy atom. The number of para-hydroxylation sites is 1. The highest BCUT2D eigenvalue weighted by Crippen LogP contribution is 2.33. The van der Waals surface area contributed by atoms with Crippen molar-refractivity contribution in [3.8, 4) is 0 Å². The van der Waals surface area contributed by atoms with Gasteiger partial charge in [-0.25, -0.2) is 0 Å². The summed E-state index contributed by atoms with van der Waals surface area (Å²) in [6.45, 7) is 1.57. The molecule has 1 rings (SSSR count). The van der Waals surface area contributed by atoms with Crippen molar-refractivity contribution in [1.82, 2.24) is 0 Å². The van der Waals surface area contributed by atoms with Crippen LogP contribution in [0.4, 0.5) is 5.69 Å². The Balaban J connectivity index is 3.44. The molecular formula is C13H14N2O6. The molecule has 1 aromatic rings. The van der Waals surface area contributed by atoms with E-state index < -0.39 is 39.8 Å². The maximum absolute atomic E-state index is 11.6. The molecule has 0 unspecified atom stereocenters. The van der Waals surface area contributed by atoms with Crippen LogP contribution in [-0.4, -0.2) is 28.0 Å². The van der Waals surface area contributed by atoms with Crippen LogP contribution in [-0.2, 0) is 9.59 Å². The van der Waals surface area contributed by atoms with E-state index in [1.54, 1.807) is 0 Å². The van der Waals surface area contributed by atoms with Gasteiger partial charge in [-0.15, -0.1) is 0 Å². The number of hydrogen-bond acceptors (Lipinski definition) is 6. The van der Waals surface area contributed by atoms with Crippen LogP contribution in [0, 0.1) is 26.1 Å². The Hall–Kier alpha value is -2.64. The number of benzene rings is 1. The lowest BCUT2D eigenvalue weighted by Crippen LogP contribution is -2.31. The van der Waals surface area contributed by atoms with E-state index in [0.29, 0.717) is 0 Å². The van der Waals surface area contributed by atoms with Gasteiger partial charge in [0.05, 0.1) is 16.8 Å². The molecule has 8 nitrogen and oxygen atoms in total. The number of nitro groups is 2. The second-order valence-electron chi connectivity index (χ2n) is 4.64. The van der Waals surface area contributed by atoms with Gasteiger partial charge >= 0.3 is 0 Å². The molecule has 0 aliphatic carbocycles. The summed E-state index contributed by atoms with van der Waals surface area (Å²) >= 11 is 0. The van der Waals surface area contributed by atoms with E-state index >= 15 is 0 Å². The molecular weight excluding hydrogens is 280 g/mol. The van der Waals surface area contributed by atoms with E-state index in [9.17, 15) is 29.8 Å². The van der Waals surface area contributed by atoms with Crippen LogP contribution in [0.25, 0.3) is 0 Å². The summed E-state index contributed by atoms with van der Waals surface area (Å²) in [5.74, 6) is -3.52. The van der Waals surface area contributed by atoms with Gasteiger partial charge in [0.1, 0.15) is 11.6 Å². The van der Waals surface area contributed by atoms with Crippen LogP contribution in [0.1, 0.15) is 25.3 Å². The van der Waals surface area contributed by atoms with E-state index in [4.69, 9.17) is 0 Å². The molecule has 0 N–H and O–H groups in total. The minimum absolute atomic E-state index is 0.0228. The number of nitrogens with zero attached hydrogens (tertiary/aromatic N) is 2. The van der Waals surface area contributed by atoms with Crippen molar-refractivity contribution >= 4 is 17.3 Å². The first-order chi connectivity index (χ1) is 9.75. The van der Waals surface area contributed by atoms with E-state index in [-0.39, 0.29) is 11.3 Å².